The van der Waals surface area contributed by atoms with Gasteiger partial charge in [0.15, 0.2) is 17.5 Å². The second-order valence-corrected chi connectivity index (χ2v) is 15.4. The van der Waals surface area contributed by atoms with Crippen LogP contribution < -0.4 is 0 Å². The van der Waals surface area contributed by atoms with Crippen LogP contribution in [0.3, 0.4) is 0 Å². The molecule has 9 aromatic carbocycles. The van der Waals surface area contributed by atoms with Gasteiger partial charge in [-0.15, -0.1) is 11.3 Å². The van der Waals surface area contributed by atoms with Gasteiger partial charge in [-0.25, -0.2) is 15.0 Å². The highest BCUT2D eigenvalue weighted by molar-refractivity contribution is 7.26. The van der Waals surface area contributed by atoms with Crippen LogP contribution in [-0.4, -0.2) is 19.5 Å². The Balaban J connectivity index is 1.17. The highest BCUT2D eigenvalue weighted by Crippen LogP contribution is 2.45. The molecule has 0 aliphatic heterocycles. The minimum atomic E-state index is 0.647. The fourth-order valence-corrected chi connectivity index (χ4v) is 9.90. The topological polar surface area (TPSA) is 43.6 Å². The molecule has 3 heterocycles. The Morgan fingerprint density at radius 2 is 0.982 bits per heavy atom. The van der Waals surface area contributed by atoms with Crippen molar-refractivity contribution in [3.05, 3.63) is 182 Å². The number of para-hydroxylation sites is 1. The molecule has 12 rings (SSSR count). The standard InChI is InChI=1S/C51H30N4S/c1-2-14-31(15-3-1)49-52-50(54-51(53-49)42-29-34-18-6-7-19-35(34)36-20-8-9-21-37(36)42)40-26-27-44(48-47(40)39-23-11-13-25-46(39)56-48)55-43-24-12-10-22-38(43)41-28-32-16-4-5-17-33(32)30-45(41)55/h1-30H. The van der Waals surface area contributed by atoms with Gasteiger partial charge in [0, 0.05) is 42.9 Å². The Morgan fingerprint density at radius 3 is 1.80 bits per heavy atom. The van der Waals surface area contributed by atoms with Gasteiger partial charge in [-0.2, -0.15) is 0 Å². The summed E-state index contributed by atoms with van der Waals surface area (Å²) in [5.74, 6) is 1.95. The molecule has 0 fully saturated rings. The maximum atomic E-state index is 5.39. The quantitative estimate of drug-likeness (QED) is 0.169. The van der Waals surface area contributed by atoms with E-state index in [0.29, 0.717) is 17.5 Å². The maximum absolute atomic E-state index is 5.39. The zero-order valence-corrected chi connectivity index (χ0v) is 30.8. The number of hydrogen-bond acceptors (Lipinski definition) is 4. The van der Waals surface area contributed by atoms with E-state index in [-0.39, 0.29) is 0 Å². The zero-order chi connectivity index (χ0) is 36.7. The first-order chi connectivity index (χ1) is 27.8. The normalized spacial score (nSPS) is 11.9. The van der Waals surface area contributed by atoms with E-state index in [1.165, 1.54) is 58.1 Å². The van der Waals surface area contributed by atoms with Crippen molar-refractivity contribution in [1.82, 2.24) is 19.5 Å². The molecule has 0 amide bonds. The van der Waals surface area contributed by atoms with E-state index >= 15 is 0 Å². The van der Waals surface area contributed by atoms with E-state index < -0.39 is 0 Å². The van der Waals surface area contributed by atoms with Gasteiger partial charge in [-0.3, -0.25) is 0 Å². The fourth-order valence-electron chi connectivity index (χ4n) is 8.66. The minimum absolute atomic E-state index is 0.647. The second kappa shape index (κ2) is 12.2. The Morgan fingerprint density at radius 1 is 0.375 bits per heavy atom. The van der Waals surface area contributed by atoms with Gasteiger partial charge in [0.2, 0.25) is 0 Å². The molecule has 4 nitrogen and oxygen atoms in total. The summed E-state index contributed by atoms with van der Waals surface area (Å²) in [5, 5.41) is 11.9. The lowest BCUT2D eigenvalue weighted by Gasteiger charge is -2.14. The van der Waals surface area contributed by atoms with Crippen molar-refractivity contribution in [3.8, 4) is 39.9 Å². The van der Waals surface area contributed by atoms with Gasteiger partial charge in [-0.1, -0.05) is 140 Å². The minimum Gasteiger partial charge on any atom is -0.308 e. The van der Waals surface area contributed by atoms with Gasteiger partial charge in [0.1, 0.15) is 0 Å². The van der Waals surface area contributed by atoms with Crippen LogP contribution in [0.1, 0.15) is 0 Å². The van der Waals surface area contributed by atoms with Crippen LogP contribution in [0.2, 0.25) is 0 Å². The third-order valence-corrected chi connectivity index (χ3v) is 12.4. The Bertz CT molecular complexity index is 3540. The number of aromatic nitrogens is 4. The van der Waals surface area contributed by atoms with E-state index in [0.717, 1.165) is 38.5 Å². The largest absolute Gasteiger partial charge is 0.308 e. The lowest BCUT2D eigenvalue weighted by molar-refractivity contribution is 1.08. The van der Waals surface area contributed by atoms with E-state index in [1.54, 1.807) is 0 Å². The molecule has 260 valence electrons. The molecule has 0 saturated heterocycles. The van der Waals surface area contributed by atoms with E-state index in [1.807, 2.05) is 29.5 Å². The van der Waals surface area contributed by atoms with E-state index in [4.69, 9.17) is 15.0 Å². The maximum Gasteiger partial charge on any atom is 0.164 e. The zero-order valence-electron chi connectivity index (χ0n) is 30.0. The molecule has 56 heavy (non-hydrogen) atoms. The van der Waals surface area contributed by atoms with Gasteiger partial charge in [0.05, 0.1) is 21.4 Å². The lowest BCUT2D eigenvalue weighted by Crippen LogP contribution is -2.02. The van der Waals surface area contributed by atoms with Crippen LogP contribution in [0.4, 0.5) is 0 Å². The van der Waals surface area contributed by atoms with Crippen LogP contribution in [0, 0.1) is 0 Å². The summed E-state index contributed by atoms with van der Waals surface area (Å²) in [6, 6.07) is 64.9. The molecule has 0 radical (unpaired) electrons. The first-order valence-corrected chi connectivity index (χ1v) is 19.7. The van der Waals surface area contributed by atoms with Gasteiger partial charge >= 0.3 is 0 Å². The van der Waals surface area contributed by atoms with Crippen molar-refractivity contribution in [1.29, 1.82) is 0 Å². The molecule has 0 bridgehead atoms. The summed E-state index contributed by atoms with van der Waals surface area (Å²) in [7, 11) is 0. The number of benzene rings is 9. The first-order valence-electron chi connectivity index (χ1n) is 18.9. The van der Waals surface area contributed by atoms with Gasteiger partial charge in [-0.05, 0) is 74.8 Å². The highest BCUT2D eigenvalue weighted by Gasteiger charge is 2.22. The van der Waals surface area contributed by atoms with Crippen molar-refractivity contribution < 1.29 is 0 Å². The molecular weight excluding hydrogens is 701 g/mol. The Kier molecular flexibility index (Phi) is 6.76. The number of nitrogens with zero attached hydrogens (tertiary/aromatic N) is 4. The number of fused-ring (bicyclic) bond motifs is 10. The summed E-state index contributed by atoms with van der Waals surface area (Å²) in [6.45, 7) is 0. The van der Waals surface area contributed by atoms with Crippen molar-refractivity contribution in [3.63, 3.8) is 0 Å². The molecular formula is C51H30N4S. The molecule has 0 spiro atoms. The highest BCUT2D eigenvalue weighted by atomic mass is 32.1. The van der Waals surface area contributed by atoms with Crippen LogP contribution in [0.5, 0.6) is 0 Å². The summed E-state index contributed by atoms with van der Waals surface area (Å²) >= 11 is 1.83. The third-order valence-electron chi connectivity index (χ3n) is 11.2. The number of rotatable bonds is 4. The smallest absolute Gasteiger partial charge is 0.164 e. The summed E-state index contributed by atoms with van der Waals surface area (Å²) < 4.78 is 4.87. The molecule has 0 saturated carbocycles. The molecule has 3 aromatic heterocycles. The van der Waals surface area contributed by atoms with Crippen molar-refractivity contribution >= 4 is 85.6 Å². The predicted molar refractivity (Wildman–Crippen MR) is 236 cm³/mol. The summed E-state index contributed by atoms with van der Waals surface area (Å²) in [4.78, 5) is 15.9. The van der Waals surface area contributed by atoms with Crippen LogP contribution in [-0.2, 0) is 0 Å². The Labute approximate surface area is 325 Å². The van der Waals surface area contributed by atoms with Crippen molar-refractivity contribution in [2.75, 3.05) is 0 Å². The fraction of sp³-hybridized carbons (Fsp3) is 0. The monoisotopic (exact) mass is 730 g/mol. The first kappa shape index (κ1) is 31.2. The SMILES string of the molecule is c1ccc(-c2nc(-c3cc4ccccc4c4ccccc34)nc(-c3ccc(-n4c5ccccc5c5cc6ccccc6cc54)c4sc5ccccc5c34)n2)cc1. The average molecular weight is 731 g/mol. The molecule has 0 aliphatic carbocycles. The number of thiophene rings is 1. The molecule has 12 aromatic rings. The van der Waals surface area contributed by atoms with Crippen molar-refractivity contribution in [2.24, 2.45) is 0 Å². The van der Waals surface area contributed by atoms with Gasteiger partial charge < -0.3 is 4.57 Å². The molecule has 0 unspecified atom stereocenters. The van der Waals surface area contributed by atoms with Gasteiger partial charge in [0.25, 0.3) is 0 Å². The lowest BCUT2D eigenvalue weighted by atomic mass is 9.96. The summed E-state index contributed by atoms with van der Waals surface area (Å²) in [5.41, 5.74) is 6.43. The predicted octanol–water partition coefficient (Wildman–Crippen LogP) is 13.8. The molecule has 0 aliphatic rings. The van der Waals surface area contributed by atoms with Crippen LogP contribution >= 0.6 is 11.3 Å². The van der Waals surface area contributed by atoms with E-state index in [2.05, 4.69) is 168 Å². The molecule has 0 N–H and O–H groups in total. The Hall–Kier alpha value is -7.21. The average Bonchev–Trinajstić information content (AvgIpc) is 3.81. The van der Waals surface area contributed by atoms with Crippen LogP contribution in [0.15, 0.2) is 182 Å². The number of hydrogen-bond donors (Lipinski definition) is 0. The second-order valence-electron chi connectivity index (χ2n) is 14.4. The third kappa shape index (κ3) is 4.68. The van der Waals surface area contributed by atoms with Crippen LogP contribution in [0.25, 0.3) is 114 Å². The van der Waals surface area contributed by atoms with Crippen molar-refractivity contribution in [2.45, 2.75) is 0 Å². The summed E-state index contributed by atoms with van der Waals surface area (Å²) in [6.07, 6.45) is 0. The molecule has 5 heteroatoms. The van der Waals surface area contributed by atoms with E-state index in [9.17, 15) is 0 Å². The molecule has 0 atom stereocenters.